The maximum Gasteiger partial charge on any atom is 0.130 e. The second-order valence-electron chi connectivity index (χ2n) is 7.51. The van der Waals surface area contributed by atoms with E-state index in [0.717, 1.165) is 11.5 Å². The molecule has 2 heteroatoms. The fourth-order valence-electron chi connectivity index (χ4n) is 3.75. The second kappa shape index (κ2) is 7.95. The number of methoxy groups -OCH3 is 2. The summed E-state index contributed by atoms with van der Waals surface area (Å²) in [5, 5.41) is 0. The van der Waals surface area contributed by atoms with Crippen LogP contribution in [0.3, 0.4) is 0 Å². The van der Waals surface area contributed by atoms with E-state index in [2.05, 4.69) is 71.9 Å². The van der Waals surface area contributed by atoms with E-state index in [4.69, 9.17) is 9.47 Å². The van der Waals surface area contributed by atoms with E-state index in [1.54, 1.807) is 14.2 Å². The van der Waals surface area contributed by atoms with Crippen LogP contribution in [0.1, 0.15) is 76.0 Å². The summed E-state index contributed by atoms with van der Waals surface area (Å²) in [5.74, 6) is 2.98. The third kappa shape index (κ3) is 3.53. The van der Waals surface area contributed by atoms with Gasteiger partial charge in [0, 0.05) is 16.7 Å². The van der Waals surface area contributed by atoms with Gasteiger partial charge >= 0.3 is 0 Å². The molecule has 0 atom stereocenters. The van der Waals surface area contributed by atoms with E-state index in [-0.39, 0.29) is 0 Å². The minimum atomic E-state index is 0.324. The van der Waals surface area contributed by atoms with E-state index in [9.17, 15) is 0 Å². The average Bonchev–Trinajstić information content (AvgIpc) is 2.59. The lowest BCUT2D eigenvalue weighted by Gasteiger charge is -2.29. The first-order valence-corrected chi connectivity index (χ1v) is 9.22. The monoisotopic (exact) mass is 340 g/mol. The van der Waals surface area contributed by atoms with E-state index in [1.165, 1.54) is 27.8 Å². The Morgan fingerprint density at radius 3 is 1.32 bits per heavy atom. The third-order valence-electron chi connectivity index (χ3n) is 4.72. The molecule has 0 bridgehead atoms. The normalized spacial score (nSPS) is 11.5. The van der Waals surface area contributed by atoms with Gasteiger partial charge in [-0.3, -0.25) is 0 Å². The quantitative estimate of drug-likeness (QED) is 0.579. The summed E-state index contributed by atoms with van der Waals surface area (Å²) in [6, 6.07) is 10.6. The molecule has 0 radical (unpaired) electrons. The molecule has 0 spiro atoms. The fraction of sp³-hybridized carbons (Fsp3) is 0.478. The largest absolute Gasteiger partial charge is 0.496 e. The Morgan fingerprint density at radius 2 is 1.00 bits per heavy atom. The summed E-state index contributed by atoms with van der Waals surface area (Å²) in [7, 11) is 3.55. The van der Waals surface area contributed by atoms with Crippen LogP contribution in [-0.2, 0) is 0 Å². The van der Waals surface area contributed by atoms with E-state index >= 15 is 0 Å². The van der Waals surface area contributed by atoms with Crippen molar-refractivity contribution in [2.75, 3.05) is 14.2 Å². The molecule has 2 aromatic carbocycles. The SMILES string of the molecule is COc1c(C(C)C)c(OC)c(C(C)C)c(-c2ccccc2)c1C(C)C. The van der Waals surface area contributed by atoms with Crippen molar-refractivity contribution < 1.29 is 9.47 Å². The molecule has 0 unspecified atom stereocenters. The van der Waals surface area contributed by atoms with E-state index < -0.39 is 0 Å². The molecule has 2 nitrogen and oxygen atoms in total. The molecule has 0 heterocycles. The first kappa shape index (κ1) is 19.4. The number of hydrogen-bond donors (Lipinski definition) is 0. The Morgan fingerprint density at radius 1 is 0.600 bits per heavy atom. The standard InChI is InChI=1S/C23H32O2/c1-14(2)18-21(17-12-10-9-11-13-17)19(15(3)4)23(25-8)20(16(5)6)22(18)24-7/h9-16H,1-8H3. The first-order chi connectivity index (χ1) is 11.8. The molecule has 0 aromatic heterocycles. The van der Waals surface area contributed by atoms with Gasteiger partial charge < -0.3 is 9.47 Å². The summed E-state index contributed by atoms with van der Waals surface area (Å²) in [6.07, 6.45) is 0. The highest BCUT2D eigenvalue weighted by molar-refractivity contribution is 5.80. The minimum absolute atomic E-state index is 0.324. The molecule has 0 aliphatic carbocycles. The summed E-state index contributed by atoms with van der Waals surface area (Å²) in [5.41, 5.74) is 6.23. The van der Waals surface area contributed by atoms with Crippen LogP contribution in [0.15, 0.2) is 30.3 Å². The van der Waals surface area contributed by atoms with Gasteiger partial charge in [0.05, 0.1) is 14.2 Å². The van der Waals surface area contributed by atoms with Gasteiger partial charge in [0.25, 0.3) is 0 Å². The Balaban J connectivity index is 3.07. The van der Waals surface area contributed by atoms with Crippen molar-refractivity contribution >= 4 is 0 Å². The predicted octanol–water partition coefficient (Wildman–Crippen LogP) is 6.74. The zero-order chi connectivity index (χ0) is 18.7. The van der Waals surface area contributed by atoms with Crippen molar-refractivity contribution in [1.29, 1.82) is 0 Å². The van der Waals surface area contributed by atoms with Crippen molar-refractivity contribution in [3.63, 3.8) is 0 Å². The smallest absolute Gasteiger partial charge is 0.130 e. The van der Waals surface area contributed by atoms with E-state index in [0.29, 0.717) is 17.8 Å². The van der Waals surface area contributed by atoms with Crippen molar-refractivity contribution in [2.24, 2.45) is 0 Å². The molecule has 0 saturated carbocycles. The number of rotatable bonds is 6. The lowest BCUT2D eigenvalue weighted by molar-refractivity contribution is 0.373. The van der Waals surface area contributed by atoms with Crippen LogP contribution in [0.25, 0.3) is 11.1 Å². The average molecular weight is 341 g/mol. The lowest BCUT2D eigenvalue weighted by atomic mass is 9.80. The topological polar surface area (TPSA) is 18.5 Å². The molecule has 0 N–H and O–H groups in total. The molecule has 0 aliphatic rings. The molecular weight excluding hydrogens is 308 g/mol. The number of hydrogen-bond acceptors (Lipinski definition) is 2. The Labute approximate surface area is 153 Å². The zero-order valence-electron chi connectivity index (χ0n) is 16.9. The Hall–Kier alpha value is -1.96. The van der Waals surface area contributed by atoms with Crippen molar-refractivity contribution in [3.8, 4) is 22.6 Å². The summed E-state index contributed by atoms with van der Waals surface area (Å²) < 4.78 is 11.9. The van der Waals surface area contributed by atoms with Gasteiger partial charge in [-0.1, -0.05) is 71.9 Å². The molecule has 0 aliphatic heterocycles. The van der Waals surface area contributed by atoms with Crippen molar-refractivity contribution in [3.05, 3.63) is 47.0 Å². The van der Waals surface area contributed by atoms with Crippen molar-refractivity contribution in [2.45, 2.75) is 59.3 Å². The number of benzene rings is 2. The molecule has 2 rings (SSSR count). The van der Waals surface area contributed by atoms with Crippen LogP contribution in [0.5, 0.6) is 11.5 Å². The summed E-state index contributed by atoms with van der Waals surface area (Å²) in [6.45, 7) is 13.4. The maximum absolute atomic E-state index is 5.96. The van der Waals surface area contributed by atoms with Crippen LogP contribution < -0.4 is 9.47 Å². The minimum Gasteiger partial charge on any atom is -0.496 e. The third-order valence-corrected chi connectivity index (χ3v) is 4.72. The first-order valence-electron chi connectivity index (χ1n) is 9.22. The van der Waals surface area contributed by atoms with Gasteiger partial charge in [-0.2, -0.15) is 0 Å². The fourth-order valence-corrected chi connectivity index (χ4v) is 3.75. The molecular formula is C23H32O2. The highest BCUT2D eigenvalue weighted by atomic mass is 16.5. The molecule has 0 fully saturated rings. The summed E-state index contributed by atoms with van der Waals surface area (Å²) >= 11 is 0. The second-order valence-corrected chi connectivity index (χ2v) is 7.51. The van der Waals surface area contributed by atoms with Crippen LogP contribution in [0.2, 0.25) is 0 Å². The molecule has 0 saturated heterocycles. The molecule has 0 amide bonds. The van der Waals surface area contributed by atoms with Crippen molar-refractivity contribution in [1.82, 2.24) is 0 Å². The molecule has 136 valence electrons. The maximum atomic E-state index is 5.96. The highest BCUT2D eigenvalue weighted by Crippen LogP contribution is 2.51. The number of ether oxygens (including phenoxy) is 2. The van der Waals surface area contributed by atoms with Crippen LogP contribution in [0.4, 0.5) is 0 Å². The van der Waals surface area contributed by atoms with Crippen LogP contribution >= 0.6 is 0 Å². The summed E-state index contributed by atoms with van der Waals surface area (Å²) in [4.78, 5) is 0. The Kier molecular flexibility index (Phi) is 6.16. The lowest BCUT2D eigenvalue weighted by Crippen LogP contribution is -2.10. The van der Waals surface area contributed by atoms with Gasteiger partial charge in [0.15, 0.2) is 0 Å². The van der Waals surface area contributed by atoms with Gasteiger partial charge in [-0.05, 0) is 28.9 Å². The highest BCUT2D eigenvalue weighted by Gasteiger charge is 2.29. The van der Waals surface area contributed by atoms with Crippen LogP contribution in [-0.4, -0.2) is 14.2 Å². The van der Waals surface area contributed by atoms with Gasteiger partial charge in [0.1, 0.15) is 11.5 Å². The zero-order valence-corrected chi connectivity index (χ0v) is 16.9. The van der Waals surface area contributed by atoms with Gasteiger partial charge in [0.2, 0.25) is 0 Å². The predicted molar refractivity (Wildman–Crippen MR) is 107 cm³/mol. The van der Waals surface area contributed by atoms with Gasteiger partial charge in [-0.25, -0.2) is 0 Å². The molecule has 2 aromatic rings. The van der Waals surface area contributed by atoms with Gasteiger partial charge in [-0.15, -0.1) is 0 Å². The van der Waals surface area contributed by atoms with E-state index in [1.807, 2.05) is 0 Å². The van der Waals surface area contributed by atoms with Crippen LogP contribution in [0, 0.1) is 0 Å². The Bertz CT molecular complexity index is 676. The molecule has 25 heavy (non-hydrogen) atoms.